The van der Waals surface area contributed by atoms with Gasteiger partial charge in [0, 0.05) is 15.5 Å². The second-order valence-corrected chi connectivity index (χ2v) is 11.9. The lowest BCUT2D eigenvalue weighted by atomic mass is 10.0. The molecule has 2 atom stereocenters. The third-order valence-electron chi connectivity index (χ3n) is 5.61. The van der Waals surface area contributed by atoms with Crippen LogP contribution in [0.25, 0.3) is 0 Å². The van der Waals surface area contributed by atoms with Crippen LogP contribution in [0.2, 0.25) is 0 Å². The van der Waals surface area contributed by atoms with Gasteiger partial charge in [0.1, 0.15) is 12.4 Å². The van der Waals surface area contributed by atoms with Crippen LogP contribution < -0.4 is 10.1 Å². The van der Waals surface area contributed by atoms with Gasteiger partial charge in [-0.2, -0.15) is 20.2 Å². The van der Waals surface area contributed by atoms with E-state index in [0.717, 1.165) is 26.9 Å². The van der Waals surface area contributed by atoms with E-state index in [1.54, 1.807) is 18.9 Å². The van der Waals surface area contributed by atoms with Crippen molar-refractivity contribution in [1.82, 2.24) is 5.32 Å². The molecule has 0 saturated heterocycles. The number of benzene rings is 3. The van der Waals surface area contributed by atoms with E-state index in [0.29, 0.717) is 24.0 Å². The highest BCUT2D eigenvalue weighted by molar-refractivity contribution is 9.10. The lowest BCUT2D eigenvalue weighted by molar-refractivity contribution is 0.137. The molecule has 0 heterocycles. The topological polar surface area (TPSA) is 102 Å². The summed E-state index contributed by atoms with van der Waals surface area (Å²) in [5.74, 6) is 1.37. The molecule has 2 N–H and O–H groups in total. The summed E-state index contributed by atoms with van der Waals surface area (Å²) in [5.41, 5.74) is 2.98. The Kier molecular flexibility index (Phi) is 11.7. The van der Waals surface area contributed by atoms with Crippen LogP contribution in [-0.2, 0) is 33.6 Å². The summed E-state index contributed by atoms with van der Waals surface area (Å²) in [6, 6.07) is 24.2. The predicted molar refractivity (Wildman–Crippen MR) is 155 cm³/mol. The lowest BCUT2D eigenvalue weighted by Crippen LogP contribution is -2.41. The number of thioether (sulfide) groups is 1. The summed E-state index contributed by atoms with van der Waals surface area (Å²) >= 11 is 5.02. The monoisotopic (exact) mass is 619 g/mol. The molecule has 0 aromatic heterocycles. The van der Waals surface area contributed by atoms with Crippen molar-refractivity contribution in [3.63, 3.8) is 0 Å². The van der Waals surface area contributed by atoms with E-state index < -0.39 is 22.3 Å². The number of amides is 1. The average Bonchev–Trinajstić information content (AvgIpc) is 2.91. The fraction of sp³-hybridized carbons (Fsp3) is 0.250. The van der Waals surface area contributed by atoms with Crippen LogP contribution in [0, 0.1) is 0 Å². The molecule has 0 saturated carbocycles. The number of alkyl carbamates (subject to hydrolysis) is 1. The third-order valence-corrected chi connectivity index (χ3v) is 8.10. The molecule has 3 aromatic rings. The Balaban J connectivity index is 1.78. The molecule has 0 aliphatic rings. The molecular formula is C28H30BrNO6S2. The van der Waals surface area contributed by atoms with Crippen LogP contribution in [0.5, 0.6) is 5.75 Å². The molecule has 1 amide bonds. The van der Waals surface area contributed by atoms with Gasteiger partial charge in [0.15, 0.2) is 0 Å². The Morgan fingerprint density at radius 3 is 2.29 bits per heavy atom. The van der Waals surface area contributed by atoms with E-state index in [1.165, 1.54) is 6.08 Å². The van der Waals surface area contributed by atoms with Gasteiger partial charge in [0.2, 0.25) is 0 Å². The molecule has 3 aromatic carbocycles. The first kappa shape index (κ1) is 29.8. The first-order valence-corrected chi connectivity index (χ1v) is 15.2. The molecule has 10 heteroatoms. The first-order chi connectivity index (χ1) is 18.2. The van der Waals surface area contributed by atoms with Crippen molar-refractivity contribution in [1.29, 1.82) is 0 Å². The van der Waals surface area contributed by atoms with Crippen LogP contribution in [-0.4, -0.2) is 37.5 Å². The largest absolute Gasteiger partial charge is 0.497 e. The number of nitrogens with one attached hydrogen (secondary N) is 1. The normalized spacial score (nSPS) is 13.1. The van der Waals surface area contributed by atoms with Gasteiger partial charge >= 0.3 is 6.09 Å². The first-order valence-electron chi connectivity index (χ1n) is 11.8. The molecule has 0 radical (unpaired) electrons. The number of methoxy groups -OCH3 is 1. The molecule has 202 valence electrons. The van der Waals surface area contributed by atoms with Gasteiger partial charge in [-0.1, -0.05) is 70.5 Å². The number of aryl methyl sites for hydroxylation is 1. The molecule has 0 aliphatic carbocycles. The van der Waals surface area contributed by atoms with Crippen molar-refractivity contribution in [3.05, 3.63) is 112 Å². The number of hydrogen-bond donors (Lipinski definition) is 2. The number of hydrogen-bond acceptors (Lipinski definition) is 6. The summed E-state index contributed by atoms with van der Waals surface area (Å²) in [6.45, 7) is 0.0734. The van der Waals surface area contributed by atoms with Crippen molar-refractivity contribution >= 4 is 43.9 Å². The van der Waals surface area contributed by atoms with E-state index in [4.69, 9.17) is 9.47 Å². The van der Waals surface area contributed by atoms with E-state index in [9.17, 15) is 17.8 Å². The van der Waals surface area contributed by atoms with E-state index in [2.05, 4.69) is 21.2 Å². The SMILES string of the molecule is COc1ccc(CSC(CCc2ccc(Br)cc2)C(/C=C/S(=O)(=O)O)NC(=O)OCc2ccccc2)cc1. The summed E-state index contributed by atoms with van der Waals surface area (Å²) in [4.78, 5) is 12.7. The van der Waals surface area contributed by atoms with Crippen LogP contribution in [0.3, 0.4) is 0 Å². The van der Waals surface area contributed by atoms with Crippen LogP contribution in [0.15, 0.2) is 94.8 Å². The molecule has 38 heavy (non-hydrogen) atoms. The van der Waals surface area contributed by atoms with Gasteiger partial charge in [-0.15, -0.1) is 0 Å². The van der Waals surface area contributed by atoms with Gasteiger partial charge in [-0.3, -0.25) is 4.55 Å². The Bertz CT molecular complexity index is 1280. The Morgan fingerprint density at radius 2 is 1.66 bits per heavy atom. The number of halogens is 1. The summed E-state index contributed by atoms with van der Waals surface area (Å²) in [5, 5.41) is 3.26. The Labute approximate surface area is 236 Å². The van der Waals surface area contributed by atoms with Crippen LogP contribution in [0.1, 0.15) is 23.1 Å². The molecule has 3 rings (SSSR count). The minimum absolute atomic E-state index is 0.0734. The fourth-order valence-corrected chi connectivity index (χ4v) is 5.48. The maximum Gasteiger partial charge on any atom is 0.407 e. The van der Waals surface area contributed by atoms with Gasteiger partial charge in [0.25, 0.3) is 10.1 Å². The van der Waals surface area contributed by atoms with Gasteiger partial charge in [-0.05, 0) is 59.9 Å². The maximum absolute atomic E-state index is 12.7. The lowest BCUT2D eigenvalue weighted by Gasteiger charge is -2.25. The van der Waals surface area contributed by atoms with Gasteiger partial charge in [-0.25, -0.2) is 4.79 Å². The van der Waals surface area contributed by atoms with E-state index >= 15 is 0 Å². The molecule has 0 bridgehead atoms. The van der Waals surface area contributed by atoms with Crippen LogP contribution in [0.4, 0.5) is 4.79 Å². The summed E-state index contributed by atoms with van der Waals surface area (Å²) < 4.78 is 43.9. The second kappa shape index (κ2) is 15.0. The molecule has 7 nitrogen and oxygen atoms in total. The second-order valence-electron chi connectivity index (χ2n) is 8.44. The number of carbonyl (C=O) groups is 1. The maximum atomic E-state index is 12.7. The third kappa shape index (κ3) is 10.9. The minimum Gasteiger partial charge on any atom is -0.497 e. The molecule has 2 unspecified atom stereocenters. The van der Waals surface area contributed by atoms with Crippen molar-refractivity contribution in [2.24, 2.45) is 0 Å². The highest BCUT2D eigenvalue weighted by Gasteiger charge is 2.23. The zero-order valence-electron chi connectivity index (χ0n) is 20.8. The molecule has 0 fully saturated rings. The number of carbonyl (C=O) groups excluding carboxylic acids is 1. The zero-order valence-corrected chi connectivity index (χ0v) is 24.0. The van der Waals surface area contributed by atoms with Crippen molar-refractivity contribution in [2.45, 2.75) is 36.5 Å². The van der Waals surface area contributed by atoms with Crippen molar-refractivity contribution in [2.75, 3.05) is 7.11 Å². The Hall–Kier alpha value is -2.79. The highest BCUT2D eigenvalue weighted by Crippen LogP contribution is 2.27. The van der Waals surface area contributed by atoms with E-state index in [1.807, 2.05) is 78.9 Å². The zero-order chi connectivity index (χ0) is 27.4. The van der Waals surface area contributed by atoms with Crippen LogP contribution >= 0.6 is 27.7 Å². The molecular weight excluding hydrogens is 590 g/mol. The summed E-state index contributed by atoms with van der Waals surface area (Å²) in [6.07, 6.45) is 1.94. The average molecular weight is 621 g/mol. The van der Waals surface area contributed by atoms with Crippen molar-refractivity contribution < 1.29 is 27.2 Å². The van der Waals surface area contributed by atoms with Gasteiger partial charge < -0.3 is 14.8 Å². The van der Waals surface area contributed by atoms with Crippen molar-refractivity contribution in [3.8, 4) is 5.75 Å². The minimum atomic E-state index is -4.39. The molecule has 0 aliphatic heterocycles. The smallest absolute Gasteiger partial charge is 0.407 e. The fourth-order valence-electron chi connectivity index (χ4n) is 3.60. The molecule has 0 spiro atoms. The van der Waals surface area contributed by atoms with Gasteiger partial charge in [0.05, 0.1) is 18.6 Å². The summed E-state index contributed by atoms with van der Waals surface area (Å²) in [7, 11) is -2.78. The quantitative estimate of drug-likeness (QED) is 0.214. The standard InChI is InChI=1S/C28H30BrNO6S2/c1-35-25-14-9-23(10-15-25)20-37-27(16-11-21-7-12-24(29)13-8-21)26(17-18-38(32,33)34)30-28(31)36-19-22-5-3-2-4-6-22/h2-10,12-15,17-18,26-27H,11,16,19-20H2,1H3,(H,30,31)(H,32,33,34)/b18-17+. The van der Waals surface area contributed by atoms with E-state index in [-0.39, 0.29) is 11.9 Å². The number of ether oxygens (including phenoxy) is 2. The number of rotatable bonds is 13. The predicted octanol–water partition coefficient (Wildman–Crippen LogP) is 6.39. The Morgan fingerprint density at radius 1 is 1.00 bits per heavy atom. The highest BCUT2D eigenvalue weighted by atomic mass is 79.9.